The first kappa shape index (κ1) is 26.4. The smallest absolute Gasteiger partial charge is 0.230 e. The van der Waals surface area contributed by atoms with Crippen molar-refractivity contribution in [2.24, 2.45) is 5.92 Å². The van der Waals surface area contributed by atoms with Gasteiger partial charge in [-0.2, -0.15) is 0 Å². The van der Waals surface area contributed by atoms with E-state index >= 15 is 0 Å². The van der Waals surface area contributed by atoms with Gasteiger partial charge in [0.1, 0.15) is 5.76 Å². The average molecular weight is 483 g/mol. The molecule has 0 bridgehead atoms. The first-order chi connectivity index (χ1) is 16.8. The van der Waals surface area contributed by atoms with Crippen LogP contribution in [0.2, 0.25) is 0 Å². The van der Waals surface area contributed by atoms with Crippen molar-refractivity contribution in [3.8, 4) is 11.5 Å². The Kier molecular flexibility index (Phi) is 9.04. The number of nitrogens with zero attached hydrogens (tertiary/aromatic N) is 2. The number of hydrogen-bond acceptors (Lipinski definition) is 6. The van der Waals surface area contributed by atoms with Crippen molar-refractivity contribution in [2.45, 2.75) is 26.2 Å². The van der Waals surface area contributed by atoms with Gasteiger partial charge >= 0.3 is 0 Å². The number of fused-ring (bicyclic) bond motifs is 1. The van der Waals surface area contributed by atoms with Crippen molar-refractivity contribution < 1.29 is 23.7 Å². The molecule has 1 heterocycles. The maximum absolute atomic E-state index is 12.9. The van der Waals surface area contributed by atoms with Crippen molar-refractivity contribution >= 4 is 12.0 Å². The highest BCUT2D eigenvalue weighted by Gasteiger charge is 2.29. The van der Waals surface area contributed by atoms with Crippen molar-refractivity contribution in [3.63, 3.8) is 0 Å². The molecular weight excluding hydrogens is 444 g/mol. The van der Waals surface area contributed by atoms with Crippen molar-refractivity contribution in [2.75, 3.05) is 55.1 Å². The van der Waals surface area contributed by atoms with Gasteiger partial charge in [0.05, 0.1) is 34.9 Å². The Hall–Kier alpha value is -3.19. The largest absolute Gasteiger partial charge is 0.498 e. The van der Waals surface area contributed by atoms with Crippen LogP contribution in [0.3, 0.4) is 0 Å². The van der Waals surface area contributed by atoms with E-state index in [2.05, 4.69) is 18.5 Å². The Bertz CT molecular complexity index is 1040. The second kappa shape index (κ2) is 12.0. The molecule has 3 rings (SSSR count). The molecule has 35 heavy (non-hydrogen) atoms. The van der Waals surface area contributed by atoms with Crippen LogP contribution in [0.5, 0.6) is 11.5 Å². The summed E-state index contributed by atoms with van der Waals surface area (Å²) in [7, 11) is 8.64. The molecule has 0 unspecified atom stereocenters. The van der Waals surface area contributed by atoms with Crippen LogP contribution in [0.25, 0.3) is 6.08 Å². The first-order valence-electron chi connectivity index (χ1n) is 11.9. The number of benzene rings is 1. The molecule has 1 amide bonds. The minimum atomic E-state index is 0.0859. The summed E-state index contributed by atoms with van der Waals surface area (Å²) >= 11 is 0. The quantitative estimate of drug-likeness (QED) is 0.436. The summed E-state index contributed by atoms with van der Waals surface area (Å²) in [6.45, 7) is 8.57. The minimum absolute atomic E-state index is 0.0859. The highest BCUT2D eigenvalue weighted by Crippen LogP contribution is 2.39. The second-order valence-electron chi connectivity index (χ2n) is 9.03. The molecule has 1 atom stereocenters. The van der Waals surface area contributed by atoms with Crippen LogP contribution in [0.1, 0.15) is 30.9 Å². The van der Waals surface area contributed by atoms with E-state index in [0.717, 1.165) is 54.1 Å². The third-order valence-corrected chi connectivity index (χ3v) is 6.71. The van der Waals surface area contributed by atoms with Crippen LogP contribution in [0.15, 0.2) is 53.7 Å². The lowest BCUT2D eigenvalue weighted by molar-refractivity contribution is -0.127. The molecule has 1 fully saturated rings. The zero-order chi connectivity index (χ0) is 25.5. The Morgan fingerprint density at radius 2 is 1.89 bits per heavy atom. The maximum Gasteiger partial charge on any atom is 0.230 e. The molecule has 7 heteroatoms. The fraction of sp³-hybridized carbons (Fsp3) is 0.464. The molecule has 2 aliphatic rings. The number of hydrogen-bond donors (Lipinski definition) is 0. The number of amides is 1. The maximum atomic E-state index is 12.9. The highest BCUT2D eigenvalue weighted by molar-refractivity contribution is 5.84. The summed E-state index contributed by atoms with van der Waals surface area (Å²) in [6, 6.07) is 3.81. The van der Waals surface area contributed by atoms with Crippen molar-refractivity contribution in [3.05, 3.63) is 64.8 Å². The van der Waals surface area contributed by atoms with Gasteiger partial charge in [0.25, 0.3) is 0 Å². The SMILES string of the molecule is C=C1C[C@H](CN(C)CCCN2C=Cc3cc(OC)c(OC)cc3CC2=O)/C1=C/C(OC)=C(\C)OC. The van der Waals surface area contributed by atoms with E-state index in [1.807, 2.05) is 42.3 Å². The van der Waals surface area contributed by atoms with Crippen LogP contribution in [0.4, 0.5) is 0 Å². The van der Waals surface area contributed by atoms with Crippen LogP contribution >= 0.6 is 0 Å². The third-order valence-electron chi connectivity index (χ3n) is 6.71. The normalized spacial score (nSPS) is 19.2. The van der Waals surface area contributed by atoms with Crippen LogP contribution in [0, 0.1) is 5.92 Å². The van der Waals surface area contributed by atoms with Crippen LogP contribution in [-0.4, -0.2) is 70.8 Å². The van der Waals surface area contributed by atoms with Gasteiger partial charge in [-0.05, 0) is 74.3 Å². The lowest BCUT2D eigenvalue weighted by atomic mass is 9.74. The molecule has 7 nitrogen and oxygen atoms in total. The van der Waals surface area contributed by atoms with Crippen molar-refractivity contribution in [1.82, 2.24) is 9.80 Å². The van der Waals surface area contributed by atoms with E-state index in [1.165, 1.54) is 5.57 Å². The summed E-state index contributed by atoms with van der Waals surface area (Å²) < 4.78 is 21.6. The van der Waals surface area contributed by atoms with Gasteiger partial charge in [0, 0.05) is 25.2 Å². The van der Waals surface area contributed by atoms with Gasteiger partial charge in [-0.25, -0.2) is 0 Å². The van der Waals surface area contributed by atoms with E-state index < -0.39 is 0 Å². The second-order valence-corrected chi connectivity index (χ2v) is 9.03. The Morgan fingerprint density at radius 3 is 2.51 bits per heavy atom. The van der Waals surface area contributed by atoms with E-state index in [-0.39, 0.29) is 5.91 Å². The fourth-order valence-electron chi connectivity index (χ4n) is 4.55. The number of methoxy groups -OCH3 is 4. The molecule has 1 aliphatic heterocycles. The predicted octanol–water partition coefficient (Wildman–Crippen LogP) is 4.41. The molecule has 1 aliphatic carbocycles. The van der Waals surface area contributed by atoms with E-state index in [0.29, 0.717) is 30.4 Å². The lowest BCUT2D eigenvalue weighted by Gasteiger charge is -2.36. The summed E-state index contributed by atoms with van der Waals surface area (Å²) in [5.41, 5.74) is 4.30. The van der Waals surface area contributed by atoms with Gasteiger partial charge in [-0.1, -0.05) is 12.2 Å². The number of rotatable bonds is 11. The van der Waals surface area contributed by atoms with Gasteiger partial charge in [0.2, 0.25) is 5.91 Å². The average Bonchev–Trinajstić information content (AvgIpc) is 3.00. The first-order valence-corrected chi connectivity index (χ1v) is 11.9. The van der Waals surface area contributed by atoms with Gasteiger partial charge in [-0.15, -0.1) is 0 Å². The number of ether oxygens (including phenoxy) is 4. The number of allylic oxidation sites excluding steroid dienone is 3. The number of carbonyl (C=O) groups is 1. The molecule has 0 spiro atoms. The molecule has 1 aromatic carbocycles. The minimum Gasteiger partial charge on any atom is -0.498 e. The Labute approximate surface area is 209 Å². The molecule has 1 saturated carbocycles. The topological polar surface area (TPSA) is 60.5 Å². The number of carbonyl (C=O) groups excluding carboxylic acids is 1. The molecule has 0 aromatic heterocycles. The van der Waals surface area contributed by atoms with Gasteiger partial charge in [0.15, 0.2) is 17.3 Å². The highest BCUT2D eigenvalue weighted by atomic mass is 16.5. The molecule has 0 saturated heterocycles. The zero-order valence-corrected chi connectivity index (χ0v) is 21.8. The summed E-state index contributed by atoms with van der Waals surface area (Å²) in [4.78, 5) is 17.0. The van der Waals surface area contributed by atoms with Gasteiger partial charge in [-0.3, -0.25) is 4.79 Å². The predicted molar refractivity (Wildman–Crippen MR) is 138 cm³/mol. The van der Waals surface area contributed by atoms with Crippen LogP contribution < -0.4 is 9.47 Å². The van der Waals surface area contributed by atoms with Crippen molar-refractivity contribution in [1.29, 1.82) is 0 Å². The fourth-order valence-corrected chi connectivity index (χ4v) is 4.55. The standard InChI is InChI=1S/C28H38N2O5/c1-19-13-23(24(19)17-25(33-5)20(2)32-4)18-29(3)10-8-11-30-12-9-21-14-26(34-6)27(35-7)15-22(21)16-28(30)31/h9,12,14-15,17,23H,1,8,10-11,13,16,18H2,2-7H3/b24-17+,25-20-/t23-/m1/s1. The van der Waals surface area contributed by atoms with E-state index in [1.54, 1.807) is 28.4 Å². The summed E-state index contributed by atoms with van der Waals surface area (Å²) in [5.74, 6) is 3.29. The third kappa shape index (κ3) is 6.28. The summed E-state index contributed by atoms with van der Waals surface area (Å²) in [5, 5.41) is 0. The van der Waals surface area contributed by atoms with E-state index in [4.69, 9.17) is 18.9 Å². The molecule has 0 radical (unpaired) electrons. The van der Waals surface area contributed by atoms with E-state index in [9.17, 15) is 4.79 Å². The van der Waals surface area contributed by atoms with Gasteiger partial charge < -0.3 is 28.7 Å². The summed E-state index contributed by atoms with van der Waals surface area (Å²) in [6.07, 6.45) is 8.12. The zero-order valence-electron chi connectivity index (χ0n) is 21.8. The molecule has 0 N–H and O–H groups in total. The Balaban J connectivity index is 1.54. The van der Waals surface area contributed by atoms with Crippen LogP contribution in [-0.2, 0) is 20.7 Å². The monoisotopic (exact) mass is 482 g/mol. The lowest BCUT2D eigenvalue weighted by Crippen LogP contribution is -2.35. The Morgan fingerprint density at radius 1 is 1.17 bits per heavy atom. The molecule has 190 valence electrons. The molecular formula is C28H38N2O5. The molecule has 1 aromatic rings.